The lowest BCUT2D eigenvalue weighted by atomic mass is 9.84. The predicted molar refractivity (Wildman–Crippen MR) is 103 cm³/mol. The van der Waals surface area contributed by atoms with Gasteiger partial charge in [-0.05, 0) is 68.8 Å². The van der Waals surface area contributed by atoms with Crippen molar-refractivity contribution in [3.8, 4) is 0 Å². The van der Waals surface area contributed by atoms with Crippen molar-refractivity contribution in [3.05, 3.63) is 24.3 Å². The van der Waals surface area contributed by atoms with Crippen molar-refractivity contribution < 1.29 is 9.59 Å². The van der Waals surface area contributed by atoms with Crippen molar-refractivity contribution >= 4 is 35.6 Å². The fraction of sp³-hybridized carbons (Fsp3) is 0.579. The number of amides is 2. The van der Waals surface area contributed by atoms with Gasteiger partial charge in [0.1, 0.15) is 0 Å². The largest absolute Gasteiger partial charge is 0.326 e. The van der Waals surface area contributed by atoms with Crippen LogP contribution in [0, 0.1) is 17.8 Å². The number of carbonyl (C=O) groups excluding carboxylic acids is 2. The van der Waals surface area contributed by atoms with Crippen LogP contribution in [0.4, 0.5) is 11.4 Å². The Morgan fingerprint density at radius 2 is 1.76 bits per heavy atom. The molecule has 1 aromatic rings. The summed E-state index contributed by atoms with van der Waals surface area (Å²) in [7, 11) is 0. The Kier molecular flexibility index (Phi) is 7.26. The molecule has 6 heteroatoms. The molecule has 1 saturated heterocycles. The van der Waals surface area contributed by atoms with Gasteiger partial charge < -0.3 is 16.0 Å². The van der Waals surface area contributed by atoms with E-state index in [4.69, 9.17) is 0 Å². The Morgan fingerprint density at radius 3 is 2.40 bits per heavy atom. The van der Waals surface area contributed by atoms with E-state index in [2.05, 4.69) is 22.9 Å². The highest BCUT2D eigenvalue weighted by molar-refractivity contribution is 5.96. The molecule has 0 radical (unpaired) electrons. The Morgan fingerprint density at radius 1 is 1.12 bits per heavy atom. The Hall–Kier alpha value is -1.59. The lowest BCUT2D eigenvalue weighted by Gasteiger charge is -2.27. The molecule has 1 aliphatic heterocycles. The molecule has 1 heterocycles. The van der Waals surface area contributed by atoms with Gasteiger partial charge in [0.2, 0.25) is 11.8 Å². The third-order valence-corrected chi connectivity index (χ3v) is 5.06. The molecule has 1 aliphatic carbocycles. The maximum absolute atomic E-state index is 12.3. The smallest absolute Gasteiger partial charge is 0.227 e. The highest BCUT2D eigenvalue weighted by atomic mass is 35.5. The van der Waals surface area contributed by atoms with E-state index < -0.39 is 0 Å². The summed E-state index contributed by atoms with van der Waals surface area (Å²) in [5.74, 6) is 1.32. The zero-order valence-corrected chi connectivity index (χ0v) is 15.5. The third-order valence-electron chi connectivity index (χ3n) is 5.06. The minimum absolute atomic E-state index is 0. The molecule has 138 valence electrons. The maximum atomic E-state index is 12.3. The van der Waals surface area contributed by atoms with Gasteiger partial charge >= 0.3 is 0 Å². The molecule has 25 heavy (non-hydrogen) atoms. The first-order valence-corrected chi connectivity index (χ1v) is 9.03. The van der Waals surface area contributed by atoms with Crippen molar-refractivity contribution in [1.29, 1.82) is 0 Å². The van der Waals surface area contributed by atoms with Gasteiger partial charge in [-0.25, -0.2) is 0 Å². The molecular formula is C19H28ClN3O2. The van der Waals surface area contributed by atoms with E-state index >= 15 is 0 Å². The van der Waals surface area contributed by atoms with Crippen molar-refractivity contribution in [2.45, 2.75) is 39.0 Å². The van der Waals surface area contributed by atoms with E-state index in [-0.39, 0.29) is 30.1 Å². The highest BCUT2D eigenvalue weighted by Crippen LogP contribution is 2.30. The molecule has 0 spiro atoms. The van der Waals surface area contributed by atoms with Crippen LogP contribution in [0.25, 0.3) is 0 Å². The molecule has 2 aliphatic rings. The number of halogens is 1. The van der Waals surface area contributed by atoms with Crippen molar-refractivity contribution in [2.75, 3.05) is 23.7 Å². The summed E-state index contributed by atoms with van der Waals surface area (Å²) in [6.07, 6.45) is 4.81. The molecule has 2 fully saturated rings. The summed E-state index contributed by atoms with van der Waals surface area (Å²) in [5.41, 5.74) is 1.49. The van der Waals surface area contributed by atoms with Crippen LogP contribution >= 0.6 is 12.4 Å². The topological polar surface area (TPSA) is 70.2 Å². The minimum atomic E-state index is 0. The van der Waals surface area contributed by atoms with E-state index in [1.165, 1.54) is 0 Å². The second-order valence-corrected chi connectivity index (χ2v) is 7.16. The monoisotopic (exact) mass is 365 g/mol. The number of piperidine rings is 1. The number of carbonyl (C=O) groups is 2. The first-order chi connectivity index (χ1) is 11.6. The van der Waals surface area contributed by atoms with Gasteiger partial charge in [-0.2, -0.15) is 0 Å². The van der Waals surface area contributed by atoms with Gasteiger partial charge in [0, 0.05) is 23.7 Å². The summed E-state index contributed by atoms with van der Waals surface area (Å²) in [4.78, 5) is 24.1. The second kappa shape index (κ2) is 9.20. The third kappa shape index (κ3) is 6.01. The van der Waals surface area contributed by atoms with Crippen LogP contribution in [0.15, 0.2) is 24.3 Å². The molecule has 0 aromatic heterocycles. The Balaban J connectivity index is 0.00000225. The van der Waals surface area contributed by atoms with E-state index in [0.29, 0.717) is 18.3 Å². The zero-order chi connectivity index (χ0) is 16.9. The average Bonchev–Trinajstić information content (AvgIpc) is 3.41. The SMILES string of the molecule is CC(CC(=O)Nc1cccc(NC(=O)C2CC2)c1)C1CCNCC1.Cl. The normalized spacial score (nSPS) is 18.8. The highest BCUT2D eigenvalue weighted by Gasteiger charge is 2.29. The van der Waals surface area contributed by atoms with Crippen LogP contribution in [0.5, 0.6) is 0 Å². The van der Waals surface area contributed by atoms with E-state index in [9.17, 15) is 9.59 Å². The molecule has 1 aromatic carbocycles. The lowest BCUT2D eigenvalue weighted by molar-refractivity contribution is -0.118. The molecule has 2 amide bonds. The van der Waals surface area contributed by atoms with Crippen molar-refractivity contribution in [3.63, 3.8) is 0 Å². The Labute approximate surface area is 155 Å². The fourth-order valence-electron chi connectivity index (χ4n) is 3.35. The number of anilines is 2. The standard InChI is InChI=1S/C19H27N3O2.ClH/c1-13(14-7-9-20-10-8-14)11-18(23)21-16-3-2-4-17(12-16)22-19(24)15-5-6-15;/h2-4,12-15,20H,5-11H2,1H3,(H,21,23)(H,22,24);1H. The molecule has 3 rings (SSSR count). The first-order valence-electron chi connectivity index (χ1n) is 9.03. The van der Waals surface area contributed by atoms with Crippen LogP contribution in [-0.2, 0) is 9.59 Å². The molecule has 0 bridgehead atoms. The molecule has 3 N–H and O–H groups in total. The van der Waals surface area contributed by atoms with Crippen LogP contribution < -0.4 is 16.0 Å². The van der Waals surface area contributed by atoms with Gasteiger partial charge in [-0.3, -0.25) is 9.59 Å². The number of hydrogen-bond donors (Lipinski definition) is 3. The second-order valence-electron chi connectivity index (χ2n) is 7.16. The van der Waals surface area contributed by atoms with Crippen LogP contribution in [0.3, 0.4) is 0 Å². The molecule has 1 atom stereocenters. The summed E-state index contributed by atoms with van der Waals surface area (Å²) in [6.45, 7) is 4.28. The van der Waals surface area contributed by atoms with E-state index in [1.54, 1.807) is 0 Å². The summed E-state index contributed by atoms with van der Waals surface area (Å²) in [6, 6.07) is 7.40. The van der Waals surface area contributed by atoms with Gasteiger partial charge in [-0.15, -0.1) is 12.4 Å². The summed E-state index contributed by atoms with van der Waals surface area (Å²) >= 11 is 0. The number of rotatable bonds is 6. The van der Waals surface area contributed by atoms with Crippen molar-refractivity contribution in [1.82, 2.24) is 5.32 Å². The zero-order valence-electron chi connectivity index (χ0n) is 14.7. The van der Waals surface area contributed by atoms with Gasteiger partial charge in [0.05, 0.1) is 0 Å². The van der Waals surface area contributed by atoms with Crippen LogP contribution in [0.2, 0.25) is 0 Å². The van der Waals surface area contributed by atoms with Gasteiger partial charge in [0.15, 0.2) is 0 Å². The molecule has 1 unspecified atom stereocenters. The predicted octanol–water partition coefficient (Wildman–Crippen LogP) is 3.42. The average molecular weight is 366 g/mol. The fourth-order valence-corrected chi connectivity index (χ4v) is 3.35. The number of benzene rings is 1. The van der Waals surface area contributed by atoms with E-state index in [1.807, 2.05) is 24.3 Å². The van der Waals surface area contributed by atoms with Crippen molar-refractivity contribution in [2.24, 2.45) is 17.8 Å². The first kappa shape index (κ1) is 19.7. The van der Waals surface area contributed by atoms with Crippen LogP contribution in [-0.4, -0.2) is 24.9 Å². The number of nitrogens with one attached hydrogen (secondary N) is 3. The quantitative estimate of drug-likeness (QED) is 0.723. The molecule has 5 nitrogen and oxygen atoms in total. The summed E-state index contributed by atoms with van der Waals surface area (Å²) in [5, 5.41) is 9.24. The number of hydrogen-bond acceptors (Lipinski definition) is 3. The van der Waals surface area contributed by atoms with Gasteiger partial charge in [0.25, 0.3) is 0 Å². The molecular weight excluding hydrogens is 338 g/mol. The molecule has 1 saturated carbocycles. The van der Waals surface area contributed by atoms with Gasteiger partial charge in [-0.1, -0.05) is 13.0 Å². The minimum Gasteiger partial charge on any atom is -0.326 e. The Bertz CT molecular complexity index is 598. The lowest BCUT2D eigenvalue weighted by Crippen LogP contribution is -2.32. The van der Waals surface area contributed by atoms with E-state index in [0.717, 1.165) is 50.1 Å². The van der Waals surface area contributed by atoms with Crippen LogP contribution in [0.1, 0.15) is 39.0 Å². The maximum Gasteiger partial charge on any atom is 0.227 e. The summed E-state index contributed by atoms with van der Waals surface area (Å²) < 4.78 is 0.